The summed E-state index contributed by atoms with van der Waals surface area (Å²) in [7, 11) is -5.29. The van der Waals surface area contributed by atoms with Crippen molar-refractivity contribution in [3.63, 3.8) is 0 Å². The first kappa shape index (κ1) is 14.5. The predicted octanol–water partition coefficient (Wildman–Crippen LogP) is 3.17. The summed E-state index contributed by atoms with van der Waals surface area (Å²) in [5.41, 5.74) is 0. The summed E-state index contributed by atoms with van der Waals surface area (Å²) in [6, 6.07) is 0. The molecule has 8 heteroatoms. The van der Waals surface area contributed by atoms with Crippen molar-refractivity contribution in [2.24, 2.45) is 23.7 Å². The molecule has 3 N–H and O–H groups in total. The first-order chi connectivity index (χ1) is 9.18. The molecular weight excluding hydrogens is 294 g/mol. The molecule has 4 aliphatic rings. The zero-order valence-corrected chi connectivity index (χ0v) is 11.6. The second kappa shape index (κ2) is 4.53. The van der Waals surface area contributed by atoms with Crippen LogP contribution in [0.1, 0.15) is 32.1 Å². The van der Waals surface area contributed by atoms with Crippen LogP contribution in [0.3, 0.4) is 0 Å². The van der Waals surface area contributed by atoms with Crippen molar-refractivity contribution in [1.29, 1.82) is 0 Å². The predicted molar refractivity (Wildman–Crippen MR) is 67.3 cm³/mol. The fourth-order valence-corrected chi connectivity index (χ4v) is 4.64. The average molecular weight is 312 g/mol. The van der Waals surface area contributed by atoms with Crippen molar-refractivity contribution < 1.29 is 32.0 Å². The molecule has 0 heterocycles. The zero-order chi connectivity index (χ0) is 14.7. The van der Waals surface area contributed by atoms with Crippen LogP contribution in [-0.2, 0) is 9.53 Å². The summed E-state index contributed by atoms with van der Waals surface area (Å²) >= 11 is 0. The molecular formula is C12H18F2O5S. The molecule has 4 fully saturated rings. The van der Waals surface area contributed by atoms with Crippen LogP contribution >= 0.6 is 10.9 Å². The van der Waals surface area contributed by atoms with Gasteiger partial charge in [-0.05, 0) is 55.8 Å². The topological polar surface area (TPSA) is 87.0 Å². The Hall–Kier alpha value is -0.440. The van der Waals surface area contributed by atoms with Crippen molar-refractivity contribution in [2.45, 2.75) is 43.5 Å². The second-order valence-corrected chi connectivity index (χ2v) is 7.89. The standard InChI is InChI=1S/C12H18F2O5S/c13-12(14,20(16,17)18)11(15)19-10-8-2-6-1-7(4-8)5-9(10)3-6/h6-10,16-18H,1-5H2. The maximum Gasteiger partial charge on any atom is 0.436 e. The normalized spacial score (nSPS) is 40.8. The van der Waals surface area contributed by atoms with Crippen molar-refractivity contribution in [3.05, 3.63) is 0 Å². The molecule has 0 aromatic carbocycles. The summed E-state index contributed by atoms with van der Waals surface area (Å²) in [5.74, 6) is -0.646. The van der Waals surface area contributed by atoms with Gasteiger partial charge < -0.3 is 18.4 Å². The minimum absolute atomic E-state index is 0.0893. The van der Waals surface area contributed by atoms with Gasteiger partial charge in [0.1, 0.15) is 6.10 Å². The Morgan fingerprint density at radius 1 is 1.00 bits per heavy atom. The number of ether oxygens (including phenoxy) is 1. The van der Waals surface area contributed by atoms with Crippen molar-refractivity contribution in [2.75, 3.05) is 0 Å². The number of halogens is 2. The Balaban J connectivity index is 1.71. The Morgan fingerprint density at radius 3 is 1.85 bits per heavy atom. The average Bonchev–Trinajstić information content (AvgIpc) is 2.31. The maximum atomic E-state index is 13.4. The van der Waals surface area contributed by atoms with E-state index in [-0.39, 0.29) is 11.8 Å². The third-order valence-electron chi connectivity index (χ3n) is 4.96. The van der Waals surface area contributed by atoms with Gasteiger partial charge in [-0.1, -0.05) is 0 Å². The zero-order valence-electron chi connectivity index (χ0n) is 10.7. The molecule has 0 spiro atoms. The number of carbonyl (C=O) groups excluding carboxylic acids is 1. The highest BCUT2D eigenvalue weighted by molar-refractivity contribution is 8.20. The van der Waals surface area contributed by atoms with E-state index in [9.17, 15) is 13.6 Å². The van der Waals surface area contributed by atoms with Crippen molar-refractivity contribution in [1.82, 2.24) is 0 Å². The largest absolute Gasteiger partial charge is 0.457 e. The Kier molecular flexibility index (Phi) is 3.28. The summed E-state index contributed by atoms with van der Waals surface area (Å²) in [5, 5.41) is -4.67. The Morgan fingerprint density at radius 2 is 1.45 bits per heavy atom. The molecule has 0 atom stereocenters. The van der Waals surface area contributed by atoms with E-state index in [1.54, 1.807) is 0 Å². The Labute approximate surface area is 116 Å². The van der Waals surface area contributed by atoms with Gasteiger partial charge in [0.05, 0.1) is 0 Å². The quantitative estimate of drug-likeness (QED) is 0.697. The van der Waals surface area contributed by atoms with E-state index >= 15 is 0 Å². The van der Waals surface area contributed by atoms with Gasteiger partial charge in [0.2, 0.25) is 0 Å². The lowest BCUT2D eigenvalue weighted by Gasteiger charge is -2.53. The van der Waals surface area contributed by atoms with Gasteiger partial charge in [-0.15, -0.1) is 0 Å². The number of hydrogen-bond donors (Lipinski definition) is 3. The van der Waals surface area contributed by atoms with Crippen LogP contribution in [0.15, 0.2) is 0 Å². The van der Waals surface area contributed by atoms with Crippen molar-refractivity contribution in [3.8, 4) is 0 Å². The molecule has 0 aromatic heterocycles. The third kappa shape index (κ3) is 2.22. The van der Waals surface area contributed by atoms with Crippen molar-refractivity contribution >= 4 is 16.8 Å². The smallest absolute Gasteiger partial charge is 0.436 e. The molecule has 4 rings (SSSR count). The molecule has 0 unspecified atom stereocenters. The minimum Gasteiger partial charge on any atom is -0.457 e. The number of alkyl halides is 2. The fraction of sp³-hybridized carbons (Fsp3) is 0.917. The van der Waals surface area contributed by atoms with Gasteiger partial charge in [-0.2, -0.15) is 8.78 Å². The van der Waals surface area contributed by atoms with E-state index < -0.39 is 28.2 Å². The Bertz CT molecular complexity index is 395. The number of hydrogen-bond acceptors (Lipinski definition) is 5. The van der Waals surface area contributed by atoms with Gasteiger partial charge >= 0.3 is 11.2 Å². The monoisotopic (exact) mass is 312 g/mol. The number of carbonyl (C=O) groups is 1. The first-order valence-electron chi connectivity index (χ1n) is 6.77. The van der Waals surface area contributed by atoms with Gasteiger partial charge in [0.25, 0.3) is 0 Å². The van der Waals surface area contributed by atoms with E-state index in [4.69, 9.17) is 18.4 Å². The van der Waals surface area contributed by atoms with E-state index in [1.807, 2.05) is 0 Å². The molecule has 4 saturated carbocycles. The third-order valence-corrected chi connectivity index (χ3v) is 5.82. The molecule has 0 radical (unpaired) electrons. The molecule has 0 aliphatic heterocycles. The lowest BCUT2D eigenvalue weighted by Crippen LogP contribution is -2.51. The van der Waals surface area contributed by atoms with Crippen LogP contribution < -0.4 is 0 Å². The second-order valence-electron chi connectivity index (χ2n) is 6.34. The van der Waals surface area contributed by atoms with Crippen LogP contribution in [0.2, 0.25) is 0 Å². The van der Waals surface area contributed by atoms with Crippen LogP contribution in [0.5, 0.6) is 0 Å². The van der Waals surface area contributed by atoms with Gasteiger partial charge in [0.15, 0.2) is 10.9 Å². The number of rotatable bonds is 3. The lowest BCUT2D eigenvalue weighted by molar-refractivity contribution is -0.187. The van der Waals surface area contributed by atoms with Gasteiger partial charge in [-0.3, -0.25) is 0 Å². The van der Waals surface area contributed by atoms with Gasteiger partial charge in [-0.25, -0.2) is 4.79 Å². The molecule has 4 bridgehead atoms. The van der Waals surface area contributed by atoms with E-state index in [0.29, 0.717) is 11.8 Å². The molecule has 0 amide bonds. The highest BCUT2D eigenvalue weighted by Gasteiger charge is 2.58. The summed E-state index contributed by atoms with van der Waals surface area (Å²) in [4.78, 5) is 11.5. The highest BCUT2D eigenvalue weighted by atomic mass is 32.3. The summed E-state index contributed by atoms with van der Waals surface area (Å²) < 4.78 is 57.5. The van der Waals surface area contributed by atoms with E-state index in [1.165, 1.54) is 6.42 Å². The van der Waals surface area contributed by atoms with E-state index in [0.717, 1.165) is 25.7 Å². The van der Waals surface area contributed by atoms with Crippen LogP contribution in [0, 0.1) is 23.7 Å². The highest BCUT2D eigenvalue weighted by Crippen LogP contribution is 2.56. The van der Waals surface area contributed by atoms with Gasteiger partial charge in [0, 0.05) is 0 Å². The van der Waals surface area contributed by atoms with Crippen LogP contribution in [0.4, 0.5) is 8.78 Å². The maximum absolute atomic E-state index is 13.4. The molecule has 0 aromatic rings. The lowest BCUT2D eigenvalue weighted by atomic mass is 9.55. The van der Waals surface area contributed by atoms with Crippen LogP contribution in [0.25, 0.3) is 0 Å². The minimum atomic E-state index is -5.29. The summed E-state index contributed by atoms with van der Waals surface area (Å²) in [6.07, 6.45) is 4.12. The molecule has 116 valence electrons. The van der Waals surface area contributed by atoms with Crippen LogP contribution in [-0.4, -0.2) is 31.0 Å². The molecule has 4 aliphatic carbocycles. The SMILES string of the molecule is O=C(OC1C2CC3CC(C2)CC1C3)C(F)(F)S(O)(O)O. The first-order valence-corrected chi connectivity index (χ1v) is 8.28. The molecule has 0 saturated heterocycles. The summed E-state index contributed by atoms with van der Waals surface area (Å²) in [6.45, 7) is 0. The number of esters is 1. The van der Waals surface area contributed by atoms with E-state index in [2.05, 4.69) is 0 Å². The molecule has 5 nitrogen and oxygen atoms in total. The molecule has 20 heavy (non-hydrogen) atoms. The fourth-order valence-electron chi connectivity index (χ4n) is 4.37.